The number of fused-ring (bicyclic) bond motifs is 1. The van der Waals surface area contributed by atoms with Crippen molar-refractivity contribution in [3.8, 4) is 0 Å². The maximum atomic E-state index is 12.4. The van der Waals surface area contributed by atoms with Crippen LogP contribution in [0.1, 0.15) is 21.3 Å². The third kappa shape index (κ3) is 2.94. The summed E-state index contributed by atoms with van der Waals surface area (Å²) in [7, 11) is 1.73. The maximum Gasteiger partial charge on any atom is 0.289 e. The predicted octanol–water partition coefficient (Wildman–Crippen LogP) is 4.12. The average Bonchev–Trinajstić information content (AvgIpc) is 3.03. The van der Waals surface area contributed by atoms with E-state index in [1.54, 1.807) is 47.5 Å². The van der Waals surface area contributed by atoms with Crippen LogP contribution in [0.3, 0.4) is 0 Å². The lowest BCUT2D eigenvalue weighted by Gasteiger charge is -2.13. The van der Waals surface area contributed by atoms with Gasteiger partial charge in [0.25, 0.3) is 5.91 Å². The molecule has 2 aromatic heterocycles. The molecule has 108 valence electrons. The summed E-state index contributed by atoms with van der Waals surface area (Å²) in [5.74, 6) is 0.134. The van der Waals surface area contributed by atoms with Gasteiger partial charge in [0.05, 0.1) is 17.2 Å². The Morgan fingerprint density at radius 1 is 1.43 bits per heavy atom. The van der Waals surface area contributed by atoms with E-state index in [0.717, 1.165) is 16.1 Å². The number of aromatic nitrogens is 1. The fourth-order valence-electron chi connectivity index (χ4n) is 2.10. The SMILES string of the molecule is Cc1nc(CN(C)C(=O)c2cc3cc(Cl)ccc3o2)cs1. The van der Waals surface area contributed by atoms with Crippen LogP contribution in [0.15, 0.2) is 34.1 Å². The molecule has 0 bridgehead atoms. The quantitative estimate of drug-likeness (QED) is 0.729. The van der Waals surface area contributed by atoms with Gasteiger partial charge in [-0.3, -0.25) is 4.79 Å². The highest BCUT2D eigenvalue weighted by Crippen LogP contribution is 2.24. The van der Waals surface area contributed by atoms with Gasteiger partial charge in [0, 0.05) is 22.8 Å². The number of thiazole rings is 1. The first kappa shape index (κ1) is 14.1. The molecule has 0 aliphatic heterocycles. The molecule has 0 aliphatic rings. The maximum absolute atomic E-state index is 12.4. The van der Waals surface area contributed by atoms with Gasteiger partial charge in [-0.2, -0.15) is 0 Å². The molecule has 3 aromatic rings. The van der Waals surface area contributed by atoms with Gasteiger partial charge in [-0.05, 0) is 31.2 Å². The van der Waals surface area contributed by atoms with Crippen molar-refractivity contribution in [2.45, 2.75) is 13.5 Å². The average molecular weight is 321 g/mol. The summed E-state index contributed by atoms with van der Waals surface area (Å²) in [6, 6.07) is 6.99. The zero-order valence-corrected chi connectivity index (χ0v) is 13.2. The van der Waals surface area contributed by atoms with Gasteiger partial charge in [-0.25, -0.2) is 4.98 Å². The van der Waals surface area contributed by atoms with Gasteiger partial charge >= 0.3 is 0 Å². The summed E-state index contributed by atoms with van der Waals surface area (Å²) < 4.78 is 5.58. The van der Waals surface area contributed by atoms with E-state index in [2.05, 4.69) is 4.98 Å². The van der Waals surface area contributed by atoms with Gasteiger partial charge in [0.1, 0.15) is 5.58 Å². The standard InChI is InChI=1S/C15H13ClN2O2S/c1-9-17-12(8-21-9)7-18(2)15(19)14-6-10-5-11(16)3-4-13(10)20-14/h3-6,8H,7H2,1-2H3. The second-order valence-electron chi connectivity index (χ2n) is 4.81. The number of hydrogen-bond donors (Lipinski definition) is 0. The van der Waals surface area contributed by atoms with Crippen LogP contribution in [0.5, 0.6) is 0 Å². The Kier molecular flexibility index (Phi) is 3.69. The van der Waals surface area contributed by atoms with E-state index in [4.69, 9.17) is 16.0 Å². The minimum atomic E-state index is -0.173. The van der Waals surface area contributed by atoms with Gasteiger partial charge in [0.2, 0.25) is 0 Å². The molecule has 0 atom stereocenters. The van der Waals surface area contributed by atoms with E-state index >= 15 is 0 Å². The fourth-order valence-corrected chi connectivity index (χ4v) is 2.89. The van der Waals surface area contributed by atoms with Crippen molar-refractivity contribution in [3.63, 3.8) is 0 Å². The van der Waals surface area contributed by atoms with Gasteiger partial charge in [0.15, 0.2) is 5.76 Å². The summed E-state index contributed by atoms with van der Waals surface area (Å²) in [6.45, 7) is 2.40. The van der Waals surface area contributed by atoms with Crippen molar-refractivity contribution in [1.29, 1.82) is 0 Å². The monoisotopic (exact) mass is 320 g/mol. The van der Waals surface area contributed by atoms with Crippen LogP contribution in [-0.2, 0) is 6.54 Å². The van der Waals surface area contributed by atoms with E-state index in [9.17, 15) is 4.79 Å². The first-order chi connectivity index (χ1) is 10.0. The third-order valence-corrected chi connectivity index (χ3v) is 4.16. The second-order valence-corrected chi connectivity index (χ2v) is 6.31. The van der Waals surface area contributed by atoms with Crippen molar-refractivity contribution in [3.05, 3.63) is 51.1 Å². The highest BCUT2D eigenvalue weighted by molar-refractivity contribution is 7.09. The summed E-state index contributed by atoms with van der Waals surface area (Å²) in [4.78, 5) is 18.3. The molecule has 21 heavy (non-hydrogen) atoms. The van der Waals surface area contributed by atoms with E-state index in [1.807, 2.05) is 12.3 Å². The number of nitrogens with zero attached hydrogens (tertiary/aromatic N) is 2. The van der Waals surface area contributed by atoms with Crippen LogP contribution in [-0.4, -0.2) is 22.8 Å². The smallest absolute Gasteiger partial charge is 0.289 e. The third-order valence-electron chi connectivity index (χ3n) is 3.10. The Morgan fingerprint density at radius 3 is 2.95 bits per heavy atom. The number of halogens is 1. The molecular formula is C15H13ClN2O2S. The highest BCUT2D eigenvalue weighted by atomic mass is 35.5. The number of aryl methyl sites for hydroxylation is 1. The Balaban J connectivity index is 1.82. The van der Waals surface area contributed by atoms with Crippen LogP contribution in [0.25, 0.3) is 11.0 Å². The summed E-state index contributed by atoms with van der Waals surface area (Å²) in [6.07, 6.45) is 0. The zero-order chi connectivity index (χ0) is 15.0. The van der Waals surface area contributed by atoms with Crippen LogP contribution in [0, 0.1) is 6.92 Å². The minimum absolute atomic E-state index is 0.173. The second kappa shape index (κ2) is 5.50. The van der Waals surface area contributed by atoms with E-state index in [-0.39, 0.29) is 5.91 Å². The van der Waals surface area contributed by atoms with Crippen LogP contribution in [0.2, 0.25) is 5.02 Å². The molecule has 0 radical (unpaired) electrons. The molecule has 1 aromatic carbocycles. The molecule has 0 fully saturated rings. The lowest BCUT2D eigenvalue weighted by atomic mass is 10.2. The number of furan rings is 1. The Labute approximate surface area is 131 Å². The number of benzene rings is 1. The first-order valence-electron chi connectivity index (χ1n) is 6.38. The van der Waals surface area contributed by atoms with Crippen molar-refractivity contribution in [2.75, 3.05) is 7.05 Å². The molecule has 0 aliphatic carbocycles. The molecule has 3 rings (SSSR count). The molecule has 6 heteroatoms. The Bertz CT molecular complexity index is 809. The Morgan fingerprint density at radius 2 is 2.24 bits per heavy atom. The van der Waals surface area contributed by atoms with E-state index < -0.39 is 0 Å². The van der Waals surface area contributed by atoms with Crippen LogP contribution in [0.4, 0.5) is 0 Å². The number of carbonyl (C=O) groups excluding carboxylic acids is 1. The molecule has 0 N–H and O–H groups in total. The van der Waals surface area contributed by atoms with Gasteiger partial charge in [-0.15, -0.1) is 11.3 Å². The summed E-state index contributed by atoms with van der Waals surface area (Å²) in [5.41, 5.74) is 1.54. The molecule has 0 saturated heterocycles. The summed E-state index contributed by atoms with van der Waals surface area (Å²) >= 11 is 7.51. The van der Waals surface area contributed by atoms with Crippen molar-refractivity contribution >= 4 is 39.8 Å². The minimum Gasteiger partial charge on any atom is -0.451 e. The molecule has 0 unspecified atom stereocenters. The highest BCUT2D eigenvalue weighted by Gasteiger charge is 2.17. The number of carbonyl (C=O) groups is 1. The Hall–Kier alpha value is -1.85. The predicted molar refractivity (Wildman–Crippen MR) is 83.9 cm³/mol. The molecule has 0 spiro atoms. The molecule has 4 nitrogen and oxygen atoms in total. The lowest BCUT2D eigenvalue weighted by molar-refractivity contribution is 0.0754. The van der Waals surface area contributed by atoms with E-state index in [1.165, 1.54) is 0 Å². The normalized spacial score (nSPS) is 11.0. The lowest BCUT2D eigenvalue weighted by Crippen LogP contribution is -2.25. The van der Waals surface area contributed by atoms with Crippen molar-refractivity contribution in [1.82, 2.24) is 9.88 Å². The topological polar surface area (TPSA) is 46.3 Å². The van der Waals surface area contributed by atoms with Crippen molar-refractivity contribution in [2.24, 2.45) is 0 Å². The molecule has 2 heterocycles. The zero-order valence-electron chi connectivity index (χ0n) is 11.6. The number of hydrogen-bond acceptors (Lipinski definition) is 4. The molecular weight excluding hydrogens is 308 g/mol. The first-order valence-corrected chi connectivity index (χ1v) is 7.64. The van der Waals surface area contributed by atoms with Gasteiger partial charge < -0.3 is 9.32 Å². The van der Waals surface area contributed by atoms with Crippen LogP contribution >= 0.6 is 22.9 Å². The number of rotatable bonds is 3. The molecule has 0 saturated carbocycles. The van der Waals surface area contributed by atoms with Crippen LogP contribution < -0.4 is 0 Å². The van der Waals surface area contributed by atoms with Crippen molar-refractivity contribution < 1.29 is 9.21 Å². The fraction of sp³-hybridized carbons (Fsp3) is 0.200. The molecule has 1 amide bonds. The number of amides is 1. The largest absolute Gasteiger partial charge is 0.451 e. The van der Waals surface area contributed by atoms with Gasteiger partial charge in [-0.1, -0.05) is 11.6 Å². The summed E-state index contributed by atoms with van der Waals surface area (Å²) in [5, 5.41) is 4.39. The van der Waals surface area contributed by atoms with E-state index in [0.29, 0.717) is 22.9 Å².